The number of aliphatic hydroxyl groups is 2. The van der Waals surface area contributed by atoms with Gasteiger partial charge in [-0.2, -0.15) is 0 Å². The first-order valence-electron chi connectivity index (χ1n) is 6.21. The molecule has 1 aromatic carbocycles. The van der Waals surface area contributed by atoms with E-state index in [9.17, 15) is 0 Å². The Morgan fingerprint density at radius 1 is 1.22 bits per heavy atom. The smallest absolute Gasteiger partial charge is 0.104 e. The van der Waals surface area contributed by atoms with Crippen molar-refractivity contribution in [3.63, 3.8) is 0 Å². The molecule has 1 rings (SSSR count). The van der Waals surface area contributed by atoms with Crippen LogP contribution in [0.25, 0.3) is 0 Å². The Bertz CT molecular complexity index is 418. The molecule has 2 N–H and O–H groups in total. The molecule has 0 spiro atoms. The first-order valence-corrected chi connectivity index (χ1v) is 6.21. The Balaban J connectivity index is 2.88. The second-order valence-corrected chi connectivity index (χ2v) is 4.40. The van der Waals surface area contributed by atoms with Gasteiger partial charge in [-0.05, 0) is 25.5 Å². The van der Waals surface area contributed by atoms with Crippen LogP contribution in [-0.2, 0) is 6.54 Å². The number of nitrogens with zero attached hydrogens (tertiary/aromatic N) is 1. The van der Waals surface area contributed by atoms with E-state index >= 15 is 0 Å². The monoisotopic (exact) mass is 247 g/mol. The summed E-state index contributed by atoms with van der Waals surface area (Å²) < 4.78 is 0. The second-order valence-electron chi connectivity index (χ2n) is 4.40. The predicted octanol–water partition coefficient (Wildman–Crippen LogP) is 1.23. The average Bonchev–Trinajstić information content (AvgIpc) is 2.37. The van der Waals surface area contributed by atoms with Crippen LogP contribution < -0.4 is 0 Å². The Morgan fingerprint density at radius 2 is 1.94 bits per heavy atom. The zero-order valence-corrected chi connectivity index (χ0v) is 11.1. The summed E-state index contributed by atoms with van der Waals surface area (Å²) in [6, 6.07) is 8.29. The molecule has 3 nitrogen and oxygen atoms in total. The lowest BCUT2D eigenvalue weighted by Crippen LogP contribution is -2.33. The molecule has 0 aliphatic heterocycles. The first kappa shape index (κ1) is 14.7. The summed E-state index contributed by atoms with van der Waals surface area (Å²) in [5, 5.41) is 17.8. The van der Waals surface area contributed by atoms with Crippen LogP contribution in [0.1, 0.15) is 25.0 Å². The van der Waals surface area contributed by atoms with Crippen molar-refractivity contribution in [2.24, 2.45) is 0 Å². The number of hydrogen-bond donors (Lipinski definition) is 2. The lowest BCUT2D eigenvalue weighted by molar-refractivity contribution is 0.159. The van der Waals surface area contributed by atoms with Crippen molar-refractivity contribution in [2.75, 3.05) is 19.8 Å². The van der Waals surface area contributed by atoms with E-state index in [1.807, 2.05) is 24.3 Å². The van der Waals surface area contributed by atoms with Gasteiger partial charge in [0.2, 0.25) is 0 Å². The average molecular weight is 247 g/mol. The minimum atomic E-state index is -0.126. The molecule has 0 amide bonds. The van der Waals surface area contributed by atoms with Gasteiger partial charge in [-0.25, -0.2) is 0 Å². The van der Waals surface area contributed by atoms with Gasteiger partial charge in [0.15, 0.2) is 0 Å². The molecule has 0 unspecified atom stereocenters. The molecule has 1 aromatic rings. The number of hydrogen-bond acceptors (Lipinski definition) is 3. The highest BCUT2D eigenvalue weighted by Gasteiger charge is 2.10. The molecule has 0 radical (unpaired) electrons. The maximum atomic E-state index is 9.07. The van der Waals surface area contributed by atoms with Crippen LogP contribution in [0, 0.1) is 11.8 Å². The first-order chi connectivity index (χ1) is 8.69. The molecule has 0 aliphatic carbocycles. The molecule has 0 aliphatic rings. The van der Waals surface area contributed by atoms with E-state index in [1.54, 1.807) is 0 Å². The Kier molecular flexibility index (Phi) is 6.45. The van der Waals surface area contributed by atoms with Crippen molar-refractivity contribution in [1.82, 2.24) is 4.90 Å². The van der Waals surface area contributed by atoms with Gasteiger partial charge < -0.3 is 10.2 Å². The summed E-state index contributed by atoms with van der Waals surface area (Å²) >= 11 is 0. The molecule has 0 atom stereocenters. The molecule has 0 fully saturated rings. The molecular weight excluding hydrogens is 226 g/mol. The summed E-state index contributed by atoms with van der Waals surface area (Å²) in [5.41, 5.74) is 2.07. The van der Waals surface area contributed by atoms with Crippen molar-refractivity contribution in [2.45, 2.75) is 26.4 Å². The fourth-order valence-electron chi connectivity index (χ4n) is 1.78. The van der Waals surface area contributed by atoms with Crippen molar-refractivity contribution in [3.05, 3.63) is 35.4 Å². The van der Waals surface area contributed by atoms with E-state index in [-0.39, 0.29) is 13.2 Å². The molecule has 3 heteroatoms. The van der Waals surface area contributed by atoms with Gasteiger partial charge in [-0.3, -0.25) is 4.90 Å². The highest BCUT2D eigenvalue weighted by Crippen LogP contribution is 2.12. The summed E-state index contributed by atoms with van der Waals surface area (Å²) in [5.74, 6) is 5.64. The van der Waals surface area contributed by atoms with Gasteiger partial charge in [-0.1, -0.05) is 30.0 Å². The van der Waals surface area contributed by atoms with Crippen molar-refractivity contribution >= 4 is 0 Å². The second kappa shape index (κ2) is 7.88. The van der Waals surface area contributed by atoms with Crippen molar-refractivity contribution in [1.29, 1.82) is 0 Å². The number of benzene rings is 1. The third-order valence-electron chi connectivity index (χ3n) is 2.81. The molecule has 0 saturated heterocycles. The van der Waals surface area contributed by atoms with Crippen LogP contribution in [0.15, 0.2) is 24.3 Å². The lowest BCUT2D eigenvalue weighted by atomic mass is 10.1. The molecule has 98 valence electrons. The third-order valence-corrected chi connectivity index (χ3v) is 2.81. The van der Waals surface area contributed by atoms with Crippen LogP contribution in [0.5, 0.6) is 0 Å². The summed E-state index contributed by atoms with van der Waals surface area (Å²) in [6.45, 7) is 5.66. The SMILES string of the molecule is CC(C)N(CCO)Cc1ccccc1C#CCO. The van der Waals surface area contributed by atoms with E-state index in [1.165, 1.54) is 0 Å². The zero-order valence-electron chi connectivity index (χ0n) is 11.1. The highest BCUT2D eigenvalue weighted by atomic mass is 16.3. The Hall–Kier alpha value is -1.34. The van der Waals surface area contributed by atoms with E-state index in [0.29, 0.717) is 12.6 Å². The van der Waals surface area contributed by atoms with Gasteiger partial charge in [0.1, 0.15) is 6.61 Å². The molecule has 0 saturated carbocycles. The minimum absolute atomic E-state index is 0.126. The summed E-state index contributed by atoms with van der Waals surface area (Å²) in [6.07, 6.45) is 0. The van der Waals surface area contributed by atoms with E-state index in [2.05, 4.69) is 30.6 Å². The van der Waals surface area contributed by atoms with Gasteiger partial charge in [0.05, 0.1) is 6.61 Å². The maximum absolute atomic E-state index is 9.07. The number of aliphatic hydroxyl groups excluding tert-OH is 2. The molecule has 0 bridgehead atoms. The summed E-state index contributed by atoms with van der Waals surface area (Å²) in [7, 11) is 0. The van der Waals surface area contributed by atoms with Gasteiger partial charge >= 0.3 is 0 Å². The van der Waals surface area contributed by atoms with E-state index < -0.39 is 0 Å². The lowest BCUT2D eigenvalue weighted by Gasteiger charge is -2.26. The fourth-order valence-corrected chi connectivity index (χ4v) is 1.78. The van der Waals surface area contributed by atoms with Crippen LogP contribution in [0.2, 0.25) is 0 Å². The summed E-state index contributed by atoms with van der Waals surface area (Å²) in [4.78, 5) is 2.19. The molecule has 0 aromatic heterocycles. The Labute approximate surface area is 109 Å². The van der Waals surface area contributed by atoms with Crippen LogP contribution >= 0.6 is 0 Å². The van der Waals surface area contributed by atoms with Crippen molar-refractivity contribution < 1.29 is 10.2 Å². The fraction of sp³-hybridized carbons (Fsp3) is 0.467. The standard InChI is InChI=1S/C15H21NO2/c1-13(2)16(9-11-18)12-15-7-4-3-6-14(15)8-5-10-17/h3-4,6-7,13,17-18H,9-12H2,1-2H3. The van der Waals surface area contributed by atoms with Gasteiger partial charge in [0.25, 0.3) is 0 Å². The quantitative estimate of drug-likeness (QED) is 0.769. The molecular formula is C15H21NO2. The highest BCUT2D eigenvalue weighted by molar-refractivity contribution is 5.41. The molecule has 0 heterocycles. The predicted molar refractivity (Wildman–Crippen MR) is 73.0 cm³/mol. The van der Waals surface area contributed by atoms with Crippen LogP contribution in [0.4, 0.5) is 0 Å². The van der Waals surface area contributed by atoms with E-state index in [4.69, 9.17) is 10.2 Å². The largest absolute Gasteiger partial charge is 0.395 e. The maximum Gasteiger partial charge on any atom is 0.104 e. The molecule has 18 heavy (non-hydrogen) atoms. The third kappa shape index (κ3) is 4.50. The van der Waals surface area contributed by atoms with Gasteiger partial charge in [-0.15, -0.1) is 0 Å². The van der Waals surface area contributed by atoms with Crippen LogP contribution in [-0.4, -0.2) is 40.9 Å². The Morgan fingerprint density at radius 3 is 2.56 bits per heavy atom. The number of rotatable bonds is 5. The zero-order chi connectivity index (χ0) is 13.4. The van der Waals surface area contributed by atoms with Gasteiger partial charge in [0, 0.05) is 24.7 Å². The minimum Gasteiger partial charge on any atom is -0.395 e. The van der Waals surface area contributed by atoms with E-state index in [0.717, 1.165) is 17.7 Å². The van der Waals surface area contributed by atoms with Crippen LogP contribution in [0.3, 0.4) is 0 Å². The topological polar surface area (TPSA) is 43.7 Å². The van der Waals surface area contributed by atoms with Crippen molar-refractivity contribution in [3.8, 4) is 11.8 Å². The normalized spacial score (nSPS) is 10.6.